The largest absolute Gasteiger partial charge is 0.384 e. The van der Waals surface area contributed by atoms with Crippen molar-refractivity contribution in [1.29, 1.82) is 0 Å². The number of rotatable bonds is 2. The standard InChI is InChI=1S/C20H22N6O2/c1-24-8-2-3-16(24)20(28)25-9-5-13(6-10-25)26-17(27)12-22-15-11-23-19-14(18(15)26)4-7-21-19/h4,7,11,13,16H,2-3,5-6,8-10H2,1H3/p+1. The van der Waals surface area contributed by atoms with Gasteiger partial charge in [0.2, 0.25) is 5.91 Å². The Labute approximate surface area is 162 Å². The van der Waals surface area contributed by atoms with Crippen LogP contribution >= 0.6 is 0 Å². The highest BCUT2D eigenvalue weighted by atomic mass is 16.2. The molecule has 0 spiro atoms. The number of carbonyl (C=O) groups is 1. The molecular weight excluding hydrogens is 356 g/mol. The van der Waals surface area contributed by atoms with Crippen LogP contribution in [0.15, 0.2) is 23.3 Å². The molecular formula is C20H23N6O2+. The number of carbonyl (C=O) groups excluding carboxylic acids is 1. The van der Waals surface area contributed by atoms with Crippen LogP contribution in [-0.4, -0.2) is 63.0 Å². The van der Waals surface area contributed by atoms with Gasteiger partial charge in [-0.05, 0) is 50.3 Å². The number of fused-ring (bicyclic) bond motifs is 3. The zero-order valence-corrected chi connectivity index (χ0v) is 15.9. The number of nitrogens with zero attached hydrogens (tertiary/aromatic N) is 5. The predicted molar refractivity (Wildman–Crippen MR) is 103 cm³/mol. The minimum Gasteiger partial charge on any atom is -0.346 e. The Morgan fingerprint density at radius 1 is 1.29 bits per heavy atom. The van der Waals surface area contributed by atoms with E-state index in [0.717, 1.165) is 48.8 Å². The number of aromatic nitrogens is 4. The SMILES string of the molecule is CN1CCCC1C(=O)N1CCC(n2c(=O)c#[n+]c3cnc4[nH]ccc4c32)CC1. The minimum absolute atomic E-state index is 0.0138. The Balaban J connectivity index is 1.44. The van der Waals surface area contributed by atoms with Gasteiger partial charge in [0.15, 0.2) is 5.52 Å². The number of hydrogen-bond acceptors (Lipinski definition) is 4. The molecule has 8 heteroatoms. The van der Waals surface area contributed by atoms with Crippen LogP contribution in [0.3, 0.4) is 0 Å². The summed E-state index contributed by atoms with van der Waals surface area (Å²) in [5.41, 5.74) is 1.99. The number of amides is 1. The fourth-order valence-corrected chi connectivity index (χ4v) is 4.71. The van der Waals surface area contributed by atoms with Gasteiger partial charge in [0, 0.05) is 25.3 Å². The summed E-state index contributed by atoms with van der Waals surface area (Å²) in [6.45, 7) is 2.33. The highest BCUT2D eigenvalue weighted by Gasteiger charge is 2.34. The number of likely N-dealkylation sites (N-methyl/N-ethyl adjacent to an activating group) is 1. The fourth-order valence-electron chi connectivity index (χ4n) is 4.71. The summed E-state index contributed by atoms with van der Waals surface area (Å²) >= 11 is 0. The Kier molecular flexibility index (Phi) is 4.05. The van der Waals surface area contributed by atoms with Gasteiger partial charge in [-0.3, -0.25) is 19.1 Å². The van der Waals surface area contributed by atoms with Crippen molar-refractivity contribution in [3.8, 4) is 0 Å². The maximum absolute atomic E-state index is 12.9. The normalized spacial score (nSPS) is 21.5. The first kappa shape index (κ1) is 17.2. The molecule has 144 valence electrons. The molecule has 2 aliphatic heterocycles. The van der Waals surface area contributed by atoms with Crippen LogP contribution in [0.25, 0.3) is 22.1 Å². The second-order valence-corrected chi connectivity index (χ2v) is 7.83. The van der Waals surface area contributed by atoms with E-state index in [-0.39, 0.29) is 23.6 Å². The first-order chi connectivity index (χ1) is 13.6. The Morgan fingerprint density at radius 3 is 2.86 bits per heavy atom. The van der Waals surface area contributed by atoms with E-state index in [1.54, 1.807) is 6.20 Å². The summed E-state index contributed by atoms with van der Waals surface area (Å²) in [6, 6.07) is 1.97. The van der Waals surface area contributed by atoms with Crippen LogP contribution in [0.1, 0.15) is 31.7 Å². The van der Waals surface area contributed by atoms with E-state index in [9.17, 15) is 9.59 Å². The molecule has 1 amide bonds. The van der Waals surface area contributed by atoms with Gasteiger partial charge >= 0.3 is 17.3 Å². The highest BCUT2D eigenvalue weighted by Crippen LogP contribution is 2.28. The first-order valence-electron chi connectivity index (χ1n) is 9.88. The number of hydrogen-bond donors (Lipinski definition) is 1. The van der Waals surface area contributed by atoms with E-state index in [2.05, 4.69) is 26.0 Å². The maximum Gasteiger partial charge on any atom is 0.384 e. The van der Waals surface area contributed by atoms with Gasteiger partial charge in [-0.15, -0.1) is 0 Å². The van der Waals surface area contributed by atoms with Crippen molar-refractivity contribution in [2.45, 2.75) is 37.8 Å². The first-order valence-corrected chi connectivity index (χ1v) is 9.88. The smallest absolute Gasteiger partial charge is 0.346 e. The van der Waals surface area contributed by atoms with Gasteiger partial charge in [0.05, 0.1) is 11.4 Å². The third-order valence-electron chi connectivity index (χ3n) is 6.22. The molecule has 1 N–H and O–H groups in total. The third kappa shape index (κ3) is 2.66. The van der Waals surface area contributed by atoms with Gasteiger partial charge in [-0.2, -0.15) is 0 Å². The molecule has 2 aliphatic rings. The monoisotopic (exact) mass is 379 g/mol. The molecule has 3 aromatic heterocycles. The van der Waals surface area contributed by atoms with Crippen LogP contribution in [-0.2, 0) is 4.79 Å². The summed E-state index contributed by atoms with van der Waals surface area (Å²) in [6.07, 6.45) is 9.63. The molecule has 28 heavy (non-hydrogen) atoms. The molecule has 8 nitrogen and oxygen atoms in total. The topological polar surface area (TPSA) is 88.3 Å². The van der Waals surface area contributed by atoms with E-state index in [0.29, 0.717) is 18.6 Å². The minimum atomic E-state index is -0.221. The van der Waals surface area contributed by atoms with E-state index in [1.807, 2.05) is 28.8 Å². The van der Waals surface area contributed by atoms with Crippen molar-refractivity contribution < 1.29 is 9.78 Å². The van der Waals surface area contributed by atoms with Crippen LogP contribution in [0.5, 0.6) is 0 Å². The molecule has 5 rings (SSSR count). The van der Waals surface area contributed by atoms with Crippen molar-refractivity contribution >= 4 is 28.0 Å². The van der Waals surface area contributed by atoms with Gasteiger partial charge in [0.25, 0.3) is 0 Å². The van der Waals surface area contributed by atoms with E-state index < -0.39 is 0 Å². The number of pyridine rings is 1. The van der Waals surface area contributed by atoms with Crippen molar-refractivity contribution in [1.82, 2.24) is 24.3 Å². The van der Waals surface area contributed by atoms with Crippen LogP contribution < -0.4 is 10.5 Å². The lowest BCUT2D eigenvalue weighted by Crippen LogP contribution is -2.48. The molecule has 5 heterocycles. The number of piperidine rings is 1. The maximum atomic E-state index is 12.9. The molecule has 0 aliphatic carbocycles. The molecule has 0 bridgehead atoms. The zero-order chi connectivity index (χ0) is 19.3. The molecule has 3 aromatic rings. The van der Waals surface area contributed by atoms with Crippen LogP contribution in [0.4, 0.5) is 0 Å². The number of H-pyrrole nitrogens is 1. The summed E-state index contributed by atoms with van der Waals surface area (Å²) in [7, 11) is 2.02. The molecule has 1 unspecified atom stereocenters. The lowest BCUT2D eigenvalue weighted by molar-refractivity contribution is -0.260. The van der Waals surface area contributed by atoms with Crippen LogP contribution in [0.2, 0.25) is 0 Å². The van der Waals surface area contributed by atoms with E-state index in [4.69, 9.17) is 0 Å². The van der Waals surface area contributed by atoms with Gasteiger partial charge in [0.1, 0.15) is 11.8 Å². The molecule has 2 saturated heterocycles. The lowest BCUT2D eigenvalue weighted by atomic mass is 10.0. The molecule has 0 aromatic carbocycles. The Bertz CT molecular complexity index is 1090. The Morgan fingerprint density at radius 2 is 2.11 bits per heavy atom. The number of aromatic amines is 1. The van der Waals surface area contributed by atoms with Gasteiger partial charge in [-0.1, -0.05) is 0 Å². The quantitative estimate of drug-likeness (QED) is 0.702. The fraction of sp³-hybridized carbons (Fsp3) is 0.500. The van der Waals surface area contributed by atoms with Crippen molar-refractivity contribution in [3.63, 3.8) is 0 Å². The summed E-state index contributed by atoms with van der Waals surface area (Å²) in [4.78, 5) is 41.3. The zero-order valence-electron chi connectivity index (χ0n) is 15.9. The number of nitrogens with one attached hydrogen (secondary N) is 1. The predicted octanol–water partition coefficient (Wildman–Crippen LogP) is 0.536. The molecule has 0 radical (unpaired) electrons. The van der Waals surface area contributed by atoms with E-state index in [1.165, 1.54) is 0 Å². The molecule has 0 saturated carbocycles. The van der Waals surface area contributed by atoms with Crippen LogP contribution in [0, 0.1) is 6.20 Å². The van der Waals surface area contributed by atoms with E-state index >= 15 is 0 Å². The second kappa shape index (κ2) is 6.60. The van der Waals surface area contributed by atoms with Crippen molar-refractivity contribution in [2.75, 3.05) is 26.7 Å². The highest BCUT2D eigenvalue weighted by molar-refractivity contribution is 5.99. The third-order valence-corrected chi connectivity index (χ3v) is 6.22. The lowest BCUT2D eigenvalue weighted by Gasteiger charge is -2.35. The Hall–Kier alpha value is -2.92. The average molecular weight is 379 g/mol. The summed E-state index contributed by atoms with van der Waals surface area (Å²) < 4.78 is 1.81. The average Bonchev–Trinajstić information content (AvgIpc) is 3.36. The van der Waals surface area contributed by atoms with Crippen molar-refractivity contribution in [2.24, 2.45) is 0 Å². The van der Waals surface area contributed by atoms with Gasteiger partial charge in [-0.25, -0.2) is 4.98 Å². The number of likely N-dealkylation sites (tertiary alicyclic amines) is 2. The van der Waals surface area contributed by atoms with Gasteiger partial charge < -0.3 is 9.88 Å². The summed E-state index contributed by atoms with van der Waals surface area (Å²) in [5.74, 6) is 0.231. The van der Waals surface area contributed by atoms with Crippen molar-refractivity contribution in [3.05, 3.63) is 35.0 Å². The molecule has 1 atom stereocenters. The summed E-state index contributed by atoms with van der Waals surface area (Å²) in [5, 5.41) is 0.891. The molecule has 2 fully saturated rings. The second-order valence-electron chi connectivity index (χ2n) is 7.83.